The molecule has 0 spiro atoms. The average Bonchev–Trinajstić information content (AvgIpc) is 2.94. The molecule has 0 atom stereocenters. The molecule has 0 radical (unpaired) electrons. The Hall–Kier alpha value is -2.70. The van der Waals surface area contributed by atoms with Crippen LogP contribution in [0.4, 0.5) is 14.5 Å². The minimum absolute atomic E-state index is 0.0703. The zero-order valence-corrected chi connectivity index (χ0v) is 13.2. The van der Waals surface area contributed by atoms with Gasteiger partial charge in [-0.05, 0) is 31.2 Å². The number of hydrogen-bond donors (Lipinski definition) is 2. The predicted octanol–water partition coefficient (Wildman–Crippen LogP) is 2.94. The Balaban J connectivity index is 1.70. The summed E-state index contributed by atoms with van der Waals surface area (Å²) in [4.78, 5) is 23.3. The van der Waals surface area contributed by atoms with E-state index < -0.39 is 23.2 Å². The molecule has 2 N–H and O–H groups in total. The maximum absolute atomic E-state index is 13.4. The van der Waals surface area contributed by atoms with Crippen molar-refractivity contribution in [2.24, 2.45) is 0 Å². The first-order valence-electron chi connectivity index (χ1n) is 7.51. The van der Waals surface area contributed by atoms with Gasteiger partial charge in [-0.15, -0.1) is 0 Å². The molecule has 1 aromatic heterocycles. The molecule has 0 aliphatic heterocycles. The number of anilines is 1. The molecule has 2 aromatic rings. The van der Waals surface area contributed by atoms with Gasteiger partial charge < -0.3 is 15.1 Å². The average molecular weight is 336 g/mol. The van der Waals surface area contributed by atoms with Crippen molar-refractivity contribution < 1.29 is 22.8 Å². The number of nitrogens with one attached hydrogen (secondary N) is 2. The highest BCUT2D eigenvalue weighted by Gasteiger charge is 2.13. The van der Waals surface area contributed by atoms with Crippen molar-refractivity contribution in [1.82, 2.24) is 5.32 Å². The standard InChI is InChI=1S/C17H18F2N2O3/c1-11-5-6-12(24-11)9-10-20-15(22)7-8-16(23)21-17-13(18)3-2-4-14(17)19/h2-6H,7-10H2,1H3,(H,20,22)(H,21,23). The van der Waals surface area contributed by atoms with Crippen molar-refractivity contribution in [3.63, 3.8) is 0 Å². The van der Waals surface area contributed by atoms with Crippen LogP contribution in [0.25, 0.3) is 0 Å². The van der Waals surface area contributed by atoms with Gasteiger partial charge in [0.2, 0.25) is 11.8 Å². The van der Waals surface area contributed by atoms with E-state index in [1.807, 2.05) is 19.1 Å². The smallest absolute Gasteiger partial charge is 0.225 e. The summed E-state index contributed by atoms with van der Waals surface area (Å²) in [5.41, 5.74) is -0.504. The van der Waals surface area contributed by atoms with Crippen LogP contribution in [0.1, 0.15) is 24.4 Å². The predicted molar refractivity (Wildman–Crippen MR) is 84.4 cm³/mol. The molecule has 0 unspecified atom stereocenters. The highest BCUT2D eigenvalue weighted by Crippen LogP contribution is 2.18. The van der Waals surface area contributed by atoms with Crippen LogP contribution in [0, 0.1) is 18.6 Å². The number of carbonyl (C=O) groups excluding carboxylic acids is 2. The molecule has 2 amide bonds. The van der Waals surface area contributed by atoms with Crippen molar-refractivity contribution in [2.45, 2.75) is 26.2 Å². The highest BCUT2D eigenvalue weighted by molar-refractivity contribution is 5.93. The number of aryl methyl sites for hydroxylation is 1. The Kier molecular flexibility index (Phi) is 6.06. The van der Waals surface area contributed by atoms with Gasteiger partial charge in [0.15, 0.2) is 0 Å². The fourth-order valence-corrected chi connectivity index (χ4v) is 2.08. The van der Waals surface area contributed by atoms with Crippen LogP contribution in [-0.2, 0) is 16.0 Å². The zero-order valence-electron chi connectivity index (χ0n) is 13.2. The lowest BCUT2D eigenvalue weighted by Gasteiger charge is -2.07. The second-order valence-electron chi connectivity index (χ2n) is 5.26. The first kappa shape index (κ1) is 17.7. The molecule has 0 saturated carbocycles. The summed E-state index contributed by atoms with van der Waals surface area (Å²) in [6.45, 7) is 2.22. The lowest BCUT2D eigenvalue weighted by atomic mass is 10.2. The molecular weight excluding hydrogens is 318 g/mol. The van der Waals surface area contributed by atoms with E-state index in [0.717, 1.165) is 23.7 Å². The van der Waals surface area contributed by atoms with Crippen molar-refractivity contribution in [3.05, 3.63) is 53.5 Å². The Bertz CT molecular complexity index is 708. The van der Waals surface area contributed by atoms with Crippen LogP contribution >= 0.6 is 0 Å². The van der Waals surface area contributed by atoms with Gasteiger partial charge in [-0.2, -0.15) is 0 Å². The van der Waals surface area contributed by atoms with E-state index in [1.165, 1.54) is 6.07 Å². The summed E-state index contributed by atoms with van der Waals surface area (Å²) in [5.74, 6) is -1.10. The van der Waals surface area contributed by atoms with Crippen LogP contribution in [0.15, 0.2) is 34.7 Å². The number of benzene rings is 1. The number of carbonyl (C=O) groups is 2. The SMILES string of the molecule is Cc1ccc(CCNC(=O)CCC(=O)Nc2c(F)cccc2F)o1. The molecule has 0 bridgehead atoms. The maximum Gasteiger partial charge on any atom is 0.225 e. The molecule has 0 saturated heterocycles. The second-order valence-corrected chi connectivity index (χ2v) is 5.26. The van der Waals surface area contributed by atoms with Crippen molar-refractivity contribution in [1.29, 1.82) is 0 Å². The van der Waals surface area contributed by atoms with E-state index in [0.29, 0.717) is 13.0 Å². The molecule has 7 heteroatoms. The first-order valence-corrected chi connectivity index (χ1v) is 7.51. The first-order chi connectivity index (χ1) is 11.5. The minimum atomic E-state index is -0.860. The van der Waals surface area contributed by atoms with Crippen molar-refractivity contribution >= 4 is 17.5 Å². The lowest BCUT2D eigenvalue weighted by Crippen LogP contribution is -2.27. The number of furan rings is 1. The second kappa shape index (κ2) is 8.24. The number of amides is 2. The Morgan fingerprint density at radius 2 is 1.71 bits per heavy atom. The Labute approximate surface area is 138 Å². The molecule has 2 rings (SSSR count). The van der Waals surface area contributed by atoms with Gasteiger partial charge in [0.1, 0.15) is 28.8 Å². The van der Waals surface area contributed by atoms with Crippen LogP contribution in [0.5, 0.6) is 0 Å². The Morgan fingerprint density at radius 3 is 2.33 bits per heavy atom. The molecule has 0 aliphatic carbocycles. The number of rotatable bonds is 7. The van der Waals surface area contributed by atoms with E-state index >= 15 is 0 Å². The summed E-state index contributed by atoms with van der Waals surface area (Å²) in [6, 6.07) is 6.96. The third kappa shape index (κ3) is 5.19. The van der Waals surface area contributed by atoms with Gasteiger partial charge in [-0.25, -0.2) is 8.78 Å². The molecule has 128 valence electrons. The van der Waals surface area contributed by atoms with Gasteiger partial charge in [0.05, 0.1) is 0 Å². The summed E-state index contributed by atoms with van der Waals surface area (Å²) >= 11 is 0. The highest BCUT2D eigenvalue weighted by atomic mass is 19.1. The summed E-state index contributed by atoms with van der Waals surface area (Å²) in [6.07, 6.45) is 0.310. The van der Waals surface area contributed by atoms with Crippen LogP contribution in [0.3, 0.4) is 0 Å². The summed E-state index contributed by atoms with van der Waals surface area (Å²) in [5, 5.41) is 4.79. The molecule has 0 aliphatic rings. The quantitative estimate of drug-likeness (QED) is 0.817. The van der Waals surface area contributed by atoms with Crippen molar-refractivity contribution in [3.8, 4) is 0 Å². The molecule has 0 fully saturated rings. The van der Waals surface area contributed by atoms with Gasteiger partial charge in [-0.3, -0.25) is 9.59 Å². The maximum atomic E-state index is 13.4. The monoisotopic (exact) mass is 336 g/mol. The minimum Gasteiger partial charge on any atom is -0.466 e. The van der Waals surface area contributed by atoms with E-state index in [4.69, 9.17) is 4.42 Å². The molecular formula is C17H18F2N2O3. The topological polar surface area (TPSA) is 71.3 Å². The number of hydrogen-bond acceptors (Lipinski definition) is 3. The summed E-state index contributed by atoms with van der Waals surface area (Å²) < 4.78 is 32.2. The third-order valence-electron chi connectivity index (χ3n) is 3.30. The van der Waals surface area contributed by atoms with Crippen LogP contribution < -0.4 is 10.6 Å². The lowest BCUT2D eigenvalue weighted by molar-refractivity contribution is -0.124. The van der Waals surface area contributed by atoms with E-state index in [9.17, 15) is 18.4 Å². The number of halogens is 2. The van der Waals surface area contributed by atoms with Crippen molar-refractivity contribution in [2.75, 3.05) is 11.9 Å². The van der Waals surface area contributed by atoms with Gasteiger partial charge >= 0.3 is 0 Å². The molecule has 5 nitrogen and oxygen atoms in total. The molecule has 1 heterocycles. The van der Waals surface area contributed by atoms with Crippen LogP contribution in [-0.4, -0.2) is 18.4 Å². The van der Waals surface area contributed by atoms with E-state index in [1.54, 1.807) is 0 Å². The number of para-hydroxylation sites is 1. The normalized spacial score (nSPS) is 10.5. The fourth-order valence-electron chi connectivity index (χ4n) is 2.08. The van der Waals surface area contributed by atoms with Gasteiger partial charge in [0, 0.05) is 25.8 Å². The molecule has 24 heavy (non-hydrogen) atoms. The fraction of sp³-hybridized carbons (Fsp3) is 0.294. The van der Waals surface area contributed by atoms with Gasteiger partial charge in [0.25, 0.3) is 0 Å². The molecule has 1 aromatic carbocycles. The Morgan fingerprint density at radius 1 is 1.04 bits per heavy atom. The van der Waals surface area contributed by atoms with E-state index in [-0.39, 0.29) is 18.7 Å². The zero-order chi connectivity index (χ0) is 17.5. The summed E-state index contributed by atoms with van der Waals surface area (Å²) in [7, 11) is 0. The van der Waals surface area contributed by atoms with Gasteiger partial charge in [-0.1, -0.05) is 6.07 Å². The van der Waals surface area contributed by atoms with E-state index in [2.05, 4.69) is 10.6 Å². The third-order valence-corrected chi connectivity index (χ3v) is 3.30. The largest absolute Gasteiger partial charge is 0.466 e. The van der Waals surface area contributed by atoms with Crippen LogP contribution in [0.2, 0.25) is 0 Å².